The van der Waals surface area contributed by atoms with Crippen LogP contribution >= 0.6 is 39.9 Å². The maximum absolute atomic E-state index is 5.93. The number of benzene rings is 1. The number of hydrogen-bond donors (Lipinski definition) is 2. The van der Waals surface area contributed by atoms with E-state index in [1.165, 1.54) is 19.4 Å². The van der Waals surface area contributed by atoms with Crippen LogP contribution in [-0.2, 0) is 6.54 Å². The van der Waals surface area contributed by atoms with Gasteiger partial charge in [-0.2, -0.15) is 0 Å². The molecule has 1 atom stereocenters. The summed E-state index contributed by atoms with van der Waals surface area (Å²) in [5, 5.41) is 3.25. The summed E-state index contributed by atoms with van der Waals surface area (Å²) in [7, 11) is 0. The van der Waals surface area contributed by atoms with E-state index in [1.54, 1.807) is 0 Å². The Balaban J connectivity index is 0.00000220. The number of guanidine groups is 1. The van der Waals surface area contributed by atoms with Crippen molar-refractivity contribution in [3.05, 3.63) is 34.3 Å². The maximum Gasteiger partial charge on any atom is 0.188 e. The molecule has 0 aromatic heterocycles. The smallest absolute Gasteiger partial charge is 0.188 e. The minimum atomic E-state index is 0. The van der Waals surface area contributed by atoms with Gasteiger partial charge in [-0.05, 0) is 43.6 Å². The molecule has 1 aromatic rings. The van der Waals surface area contributed by atoms with Crippen LogP contribution in [0, 0.1) is 0 Å². The Morgan fingerprint density at radius 1 is 1.52 bits per heavy atom. The van der Waals surface area contributed by atoms with Gasteiger partial charge in [-0.1, -0.05) is 35.0 Å². The number of rotatable bonds is 5. The summed E-state index contributed by atoms with van der Waals surface area (Å²) in [4.78, 5) is 6.89. The molecule has 4 nitrogen and oxygen atoms in total. The Kier molecular flexibility index (Phi) is 8.58. The molecule has 3 N–H and O–H groups in total. The van der Waals surface area contributed by atoms with Crippen molar-refractivity contribution in [2.45, 2.75) is 32.4 Å². The molecule has 2 rings (SSSR count). The molecule has 1 heterocycles. The van der Waals surface area contributed by atoms with Crippen LogP contribution in [-0.4, -0.2) is 36.5 Å². The predicted molar refractivity (Wildman–Crippen MR) is 103 cm³/mol. The molecule has 1 unspecified atom stereocenters. The summed E-state index contributed by atoms with van der Waals surface area (Å²) in [5.41, 5.74) is 7.09. The third kappa shape index (κ3) is 6.12. The van der Waals surface area contributed by atoms with Crippen LogP contribution in [0.5, 0.6) is 0 Å². The molecule has 1 fully saturated rings. The zero-order valence-electron chi connectivity index (χ0n) is 12.4. The number of hydrogen-bond acceptors (Lipinski definition) is 2. The number of aliphatic imine (C=N–C) groups is 1. The lowest BCUT2D eigenvalue weighted by molar-refractivity contribution is 0.267. The van der Waals surface area contributed by atoms with Crippen molar-refractivity contribution in [3.63, 3.8) is 0 Å². The SMILES string of the molecule is CCN1CCCC1CNC(N)=NCc1cccc(Br)c1.I. The van der Waals surface area contributed by atoms with Crippen LogP contribution in [0.1, 0.15) is 25.3 Å². The second-order valence-corrected chi connectivity index (χ2v) is 6.05. The fraction of sp³-hybridized carbons (Fsp3) is 0.533. The van der Waals surface area contributed by atoms with Gasteiger partial charge in [0, 0.05) is 17.1 Å². The zero-order valence-corrected chi connectivity index (χ0v) is 16.3. The molecule has 1 aromatic carbocycles. The first-order valence-corrected chi connectivity index (χ1v) is 8.00. The Morgan fingerprint density at radius 3 is 3.05 bits per heavy atom. The van der Waals surface area contributed by atoms with Gasteiger partial charge in [0.05, 0.1) is 6.54 Å². The van der Waals surface area contributed by atoms with E-state index in [-0.39, 0.29) is 24.0 Å². The van der Waals surface area contributed by atoms with Crippen molar-refractivity contribution in [3.8, 4) is 0 Å². The molecule has 118 valence electrons. The van der Waals surface area contributed by atoms with E-state index in [0.717, 1.165) is 23.1 Å². The van der Waals surface area contributed by atoms with Gasteiger partial charge in [-0.3, -0.25) is 4.90 Å². The van der Waals surface area contributed by atoms with Gasteiger partial charge in [-0.15, -0.1) is 24.0 Å². The largest absolute Gasteiger partial charge is 0.370 e. The number of nitrogens with zero attached hydrogens (tertiary/aromatic N) is 2. The highest BCUT2D eigenvalue weighted by Crippen LogP contribution is 2.15. The van der Waals surface area contributed by atoms with E-state index < -0.39 is 0 Å². The van der Waals surface area contributed by atoms with E-state index in [1.807, 2.05) is 12.1 Å². The fourth-order valence-electron chi connectivity index (χ4n) is 2.63. The lowest BCUT2D eigenvalue weighted by atomic mass is 10.2. The fourth-order valence-corrected chi connectivity index (χ4v) is 3.08. The third-order valence-electron chi connectivity index (χ3n) is 3.75. The van der Waals surface area contributed by atoms with Crippen LogP contribution in [0.15, 0.2) is 33.7 Å². The summed E-state index contributed by atoms with van der Waals surface area (Å²) < 4.78 is 1.07. The number of nitrogens with two attached hydrogens (primary N) is 1. The first-order chi connectivity index (χ1) is 9.69. The molecule has 0 amide bonds. The van der Waals surface area contributed by atoms with E-state index in [4.69, 9.17) is 5.73 Å². The molecule has 0 aliphatic carbocycles. The van der Waals surface area contributed by atoms with Gasteiger partial charge >= 0.3 is 0 Å². The number of likely N-dealkylation sites (N-methyl/N-ethyl adjacent to an activating group) is 1. The van der Waals surface area contributed by atoms with E-state index in [0.29, 0.717) is 18.5 Å². The van der Waals surface area contributed by atoms with Crippen LogP contribution in [0.4, 0.5) is 0 Å². The van der Waals surface area contributed by atoms with Gasteiger partial charge in [0.1, 0.15) is 0 Å². The Morgan fingerprint density at radius 2 is 2.33 bits per heavy atom. The van der Waals surface area contributed by atoms with E-state index in [2.05, 4.69) is 50.2 Å². The summed E-state index contributed by atoms with van der Waals surface area (Å²) in [5.74, 6) is 0.535. The van der Waals surface area contributed by atoms with Gasteiger partial charge in [-0.25, -0.2) is 4.99 Å². The highest BCUT2D eigenvalue weighted by molar-refractivity contribution is 14.0. The van der Waals surface area contributed by atoms with E-state index in [9.17, 15) is 0 Å². The van der Waals surface area contributed by atoms with Crippen LogP contribution in [0.3, 0.4) is 0 Å². The van der Waals surface area contributed by atoms with Crippen molar-refractivity contribution in [2.24, 2.45) is 10.7 Å². The highest BCUT2D eigenvalue weighted by Gasteiger charge is 2.22. The van der Waals surface area contributed by atoms with Crippen molar-refractivity contribution in [1.29, 1.82) is 0 Å². The van der Waals surface area contributed by atoms with Gasteiger partial charge in [0.2, 0.25) is 0 Å². The molecular weight excluding hydrogens is 443 g/mol. The van der Waals surface area contributed by atoms with Gasteiger partial charge in [0.25, 0.3) is 0 Å². The lowest BCUT2D eigenvalue weighted by Gasteiger charge is -2.23. The Labute approximate surface area is 152 Å². The lowest BCUT2D eigenvalue weighted by Crippen LogP contribution is -2.42. The summed E-state index contributed by atoms with van der Waals surface area (Å²) in [6.45, 7) is 6.03. The molecule has 21 heavy (non-hydrogen) atoms. The summed E-state index contributed by atoms with van der Waals surface area (Å²) >= 11 is 3.46. The topological polar surface area (TPSA) is 53.6 Å². The van der Waals surface area contributed by atoms with Crippen molar-refractivity contribution in [2.75, 3.05) is 19.6 Å². The quantitative estimate of drug-likeness (QED) is 0.398. The minimum Gasteiger partial charge on any atom is -0.370 e. The highest BCUT2D eigenvalue weighted by atomic mass is 127. The van der Waals surface area contributed by atoms with Crippen molar-refractivity contribution < 1.29 is 0 Å². The average Bonchev–Trinajstić information content (AvgIpc) is 2.90. The van der Waals surface area contributed by atoms with Crippen molar-refractivity contribution in [1.82, 2.24) is 10.2 Å². The first-order valence-electron chi connectivity index (χ1n) is 7.21. The molecule has 1 aliphatic rings. The minimum absolute atomic E-state index is 0. The molecule has 6 heteroatoms. The average molecular weight is 467 g/mol. The van der Waals surface area contributed by atoms with Crippen LogP contribution in [0.2, 0.25) is 0 Å². The van der Waals surface area contributed by atoms with Gasteiger partial charge in [0.15, 0.2) is 5.96 Å². The second-order valence-electron chi connectivity index (χ2n) is 5.14. The molecule has 1 aliphatic heterocycles. The third-order valence-corrected chi connectivity index (χ3v) is 4.24. The summed E-state index contributed by atoms with van der Waals surface area (Å²) in [6, 6.07) is 8.73. The molecular formula is C15H24BrIN4. The molecule has 0 saturated carbocycles. The monoisotopic (exact) mass is 466 g/mol. The second kappa shape index (κ2) is 9.63. The van der Waals surface area contributed by atoms with Crippen LogP contribution in [0.25, 0.3) is 0 Å². The molecule has 1 saturated heterocycles. The predicted octanol–water partition coefficient (Wildman–Crippen LogP) is 2.96. The molecule has 0 bridgehead atoms. The van der Waals surface area contributed by atoms with Crippen molar-refractivity contribution >= 4 is 45.9 Å². The number of nitrogens with one attached hydrogen (secondary N) is 1. The normalized spacial score (nSPS) is 19.3. The van der Waals surface area contributed by atoms with Gasteiger partial charge < -0.3 is 11.1 Å². The number of likely N-dealkylation sites (tertiary alicyclic amines) is 1. The first kappa shape index (κ1) is 18.7. The number of halogens is 2. The maximum atomic E-state index is 5.93. The Bertz CT molecular complexity index is 467. The standard InChI is InChI=1S/C15H23BrN4.HI/c1-2-20-8-4-7-14(20)11-19-15(17)18-10-12-5-3-6-13(16)9-12;/h3,5-6,9,14H,2,4,7-8,10-11H2,1H3,(H3,17,18,19);1H. The molecule has 0 spiro atoms. The Hall–Kier alpha value is -0.340. The summed E-state index contributed by atoms with van der Waals surface area (Å²) in [6.07, 6.45) is 2.54. The van der Waals surface area contributed by atoms with E-state index >= 15 is 0 Å². The zero-order chi connectivity index (χ0) is 14.4. The molecule has 0 radical (unpaired) electrons. The van der Waals surface area contributed by atoms with Crippen LogP contribution < -0.4 is 11.1 Å².